The van der Waals surface area contributed by atoms with Crippen molar-refractivity contribution in [2.75, 3.05) is 0 Å². The summed E-state index contributed by atoms with van der Waals surface area (Å²) in [6.45, 7) is 1.36. The van der Waals surface area contributed by atoms with E-state index in [0.29, 0.717) is 16.3 Å². The van der Waals surface area contributed by atoms with Gasteiger partial charge in [-0.15, -0.1) is 11.3 Å². The smallest absolute Gasteiger partial charge is 0.217 e. The first-order chi connectivity index (χ1) is 11.4. The molecule has 0 bridgehead atoms. The van der Waals surface area contributed by atoms with Gasteiger partial charge < -0.3 is 5.32 Å². The zero-order chi connectivity index (χ0) is 17.3. The number of benzene rings is 1. The van der Waals surface area contributed by atoms with E-state index < -0.39 is 17.7 Å². The number of rotatable bonds is 4. The molecule has 5 nitrogen and oxygen atoms in total. The number of aryl methyl sites for hydroxylation is 1. The SMILES string of the molecule is CC(=O)NC(c1ccc(F)c(F)c1)c1nc(-c2cnn(C)c2)cs1. The standard InChI is InChI=1S/C16H14F2N4OS/c1-9(23)20-15(10-3-4-12(17)13(18)5-10)16-21-14(8-24-16)11-6-19-22(2)7-11/h3-8,15H,1-2H3,(H,20,23). The molecule has 0 saturated heterocycles. The molecule has 124 valence electrons. The third-order valence-electron chi connectivity index (χ3n) is 3.39. The van der Waals surface area contributed by atoms with Gasteiger partial charge in [0.25, 0.3) is 0 Å². The second-order valence-electron chi connectivity index (χ2n) is 5.28. The number of carbonyl (C=O) groups is 1. The molecule has 1 aromatic carbocycles. The lowest BCUT2D eigenvalue weighted by Gasteiger charge is -2.16. The molecule has 1 unspecified atom stereocenters. The van der Waals surface area contributed by atoms with Gasteiger partial charge in [-0.25, -0.2) is 13.8 Å². The first-order valence-electron chi connectivity index (χ1n) is 7.10. The van der Waals surface area contributed by atoms with Gasteiger partial charge in [-0.05, 0) is 17.7 Å². The van der Waals surface area contributed by atoms with Gasteiger partial charge >= 0.3 is 0 Å². The van der Waals surface area contributed by atoms with Crippen LogP contribution in [0.2, 0.25) is 0 Å². The van der Waals surface area contributed by atoms with Crippen LogP contribution in [0.4, 0.5) is 8.78 Å². The van der Waals surface area contributed by atoms with Crippen LogP contribution in [0, 0.1) is 11.6 Å². The largest absolute Gasteiger partial charge is 0.343 e. The minimum absolute atomic E-state index is 0.289. The van der Waals surface area contributed by atoms with Gasteiger partial charge in [-0.2, -0.15) is 5.10 Å². The Kier molecular flexibility index (Phi) is 4.39. The number of carbonyl (C=O) groups excluding carboxylic acids is 1. The number of hydrogen-bond acceptors (Lipinski definition) is 4. The maximum atomic E-state index is 13.5. The fourth-order valence-electron chi connectivity index (χ4n) is 2.29. The Morgan fingerprint density at radius 1 is 1.33 bits per heavy atom. The highest BCUT2D eigenvalue weighted by molar-refractivity contribution is 7.10. The van der Waals surface area contributed by atoms with Gasteiger partial charge in [-0.3, -0.25) is 9.48 Å². The van der Waals surface area contributed by atoms with Gasteiger partial charge in [-0.1, -0.05) is 6.07 Å². The Balaban J connectivity index is 1.98. The maximum absolute atomic E-state index is 13.5. The summed E-state index contributed by atoms with van der Waals surface area (Å²) >= 11 is 1.33. The summed E-state index contributed by atoms with van der Waals surface area (Å²) in [5.41, 5.74) is 1.98. The molecular weight excluding hydrogens is 334 g/mol. The predicted octanol–water partition coefficient (Wildman–Crippen LogP) is 3.05. The average molecular weight is 348 g/mol. The monoisotopic (exact) mass is 348 g/mol. The van der Waals surface area contributed by atoms with Crippen molar-refractivity contribution in [1.82, 2.24) is 20.1 Å². The Morgan fingerprint density at radius 3 is 2.75 bits per heavy atom. The van der Waals surface area contributed by atoms with Gasteiger partial charge in [0.05, 0.1) is 11.9 Å². The van der Waals surface area contributed by atoms with E-state index in [2.05, 4.69) is 15.4 Å². The van der Waals surface area contributed by atoms with Crippen LogP contribution >= 0.6 is 11.3 Å². The van der Waals surface area contributed by atoms with Crippen LogP contribution in [0.3, 0.4) is 0 Å². The lowest BCUT2D eigenvalue weighted by atomic mass is 10.1. The predicted molar refractivity (Wildman–Crippen MR) is 86.3 cm³/mol. The molecule has 1 amide bonds. The molecule has 1 atom stereocenters. The van der Waals surface area contributed by atoms with E-state index in [0.717, 1.165) is 17.7 Å². The van der Waals surface area contributed by atoms with E-state index in [1.807, 2.05) is 11.6 Å². The third-order valence-corrected chi connectivity index (χ3v) is 4.30. The molecule has 0 aliphatic heterocycles. The van der Waals surface area contributed by atoms with E-state index in [4.69, 9.17) is 0 Å². The maximum Gasteiger partial charge on any atom is 0.217 e. The summed E-state index contributed by atoms with van der Waals surface area (Å²) in [5, 5.41) is 9.24. The van der Waals surface area contributed by atoms with Gasteiger partial charge in [0.15, 0.2) is 11.6 Å². The van der Waals surface area contributed by atoms with E-state index in [-0.39, 0.29) is 5.91 Å². The molecule has 2 heterocycles. The normalized spacial score (nSPS) is 12.2. The molecule has 1 N–H and O–H groups in total. The fraction of sp³-hybridized carbons (Fsp3) is 0.188. The molecule has 0 fully saturated rings. The van der Waals surface area contributed by atoms with Crippen molar-refractivity contribution in [3.05, 3.63) is 58.2 Å². The molecule has 2 aromatic heterocycles. The van der Waals surface area contributed by atoms with Crippen LogP contribution in [0.5, 0.6) is 0 Å². The average Bonchev–Trinajstić information content (AvgIpc) is 3.16. The van der Waals surface area contributed by atoms with E-state index >= 15 is 0 Å². The molecule has 3 rings (SSSR count). The lowest BCUT2D eigenvalue weighted by molar-refractivity contribution is -0.119. The van der Waals surface area contributed by atoms with Crippen LogP contribution in [-0.2, 0) is 11.8 Å². The fourth-order valence-corrected chi connectivity index (χ4v) is 3.19. The number of halogens is 2. The van der Waals surface area contributed by atoms with E-state index in [1.54, 1.807) is 17.9 Å². The Hall–Kier alpha value is -2.61. The number of amides is 1. The zero-order valence-corrected chi connectivity index (χ0v) is 13.8. The molecule has 8 heteroatoms. The Bertz CT molecular complexity index is 890. The highest BCUT2D eigenvalue weighted by Gasteiger charge is 2.21. The van der Waals surface area contributed by atoms with Crippen molar-refractivity contribution in [2.24, 2.45) is 7.05 Å². The molecule has 0 aliphatic rings. The Labute approximate surface area is 141 Å². The minimum atomic E-state index is -0.966. The Morgan fingerprint density at radius 2 is 2.12 bits per heavy atom. The molecule has 0 spiro atoms. The summed E-state index contributed by atoms with van der Waals surface area (Å²) in [6, 6.07) is 2.90. The lowest BCUT2D eigenvalue weighted by Crippen LogP contribution is -2.27. The highest BCUT2D eigenvalue weighted by Crippen LogP contribution is 2.29. The topological polar surface area (TPSA) is 59.8 Å². The number of nitrogens with zero attached hydrogens (tertiary/aromatic N) is 3. The van der Waals surface area contributed by atoms with Gasteiger partial charge in [0, 0.05) is 31.1 Å². The van der Waals surface area contributed by atoms with Crippen molar-refractivity contribution < 1.29 is 13.6 Å². The van der Waals surface area contributed by atoms with Crippen molar-refractivity contribution in [3.8, 4) is 11.3 Å². The van der Waals surface area contributed by atoms with Crippen LogP contribution < -0.4 is 5.32 Å². The van der Waals surface area contributed by atoms with Crippen LogP contribution in [0.1, 0.15) is 23.5 Å². The number of hydrogen-bond donors (Lipinski definition) is 1. The second-order valence-corrected chi connectivity index (χ2v) is 6.17. The van der Waals surface area contributed by atoms with E-state index in [1.165, 1.54) is 24.3 Å². The first-order valence-corrected chi connectivity index (χ1v) is 7.98. The van der Waals surface area contributed by atoms with Gasteiger partial charge in [0.2, 0.25) is 5.91 Å². The van der Waals surface area contributed by atoms with Crippen molar-refractivity contribution in [3.63, 3.8) is 0 Å². The summed E-state index contributed by atoms with van der Waals surface area (Å²) in [6.07, 6.45) is 3.51. The summed E-state index contributed by atoms with van der Waals surface area (Å²) in [4.78, 5) is 16.0. The highest BCUT2D eigenvalue weighted by atomic mass is 32.1. The van der Waals surface area contributed by atoms with Crippen LogP contribution in [0.25, 0.3) is 11.3 Å². The van der Waals surface area contributed by atoms with Crippen LogP contribution in [0.15, 0.2) is 36.0 Å². The first kappa shape index (κ1) is 16.3. The molecule has 24 heavy (non-hydrogen) atoms. The van der Waals surface area contributed by atoms with Crippen molar-refractivity contribution in [2.45, 2.75) is 13.0 Å². The number of aromatic nitrogens is 3. The molecular formula is C16H14F2N4OS. The molecule has 0 radical (unpaired) electrons. The zero-order valence-electron chi connectivity index (χ0n) is 13.0. The van der Waals surface area contributed by atoms with Crippen molar-refractivity contribution in [1.29, 1.82) is 0 Å². The van der Waals surface area contributed by atoms with E-state index in [9.17, 15) is 13.6 Å². The third kappa shape index (κ3) is 3.33. The summed E-state index contributed by atoms with van der Waals surface area (Å²) in [5.74, 6) is -2.19. The summed E-state index contributed by atoms with van der Waals surface area (Å²) < 4.78 is 28.4. The quantitative estimate of drug-likeness (QED) is 0.788. The van der Waals surface area contributed by atoms with Gasteiger partial charge in [0.1, 0.15) is 11.0 Å². The summed E-state index contributed by atoms with van der Waals surface area (Å²) in [7, 11) is 1.80. The second kappa shape index (κ2) is 6.48. The van der Waals surface area contributed by atoms with Crippen LogP contribution in [-0.4, -0.2) is 20.7 Å². The van der Waals surface area contributed by atoms with Crippen molar-refractivity contribution >= 4 is 17.2 Å². The molecule has 0 aliphatic carbocycles. The molecule has 0 saturated carbocycles. The minimum Gasteiger partial charge on any atom is -0.343 e. The molecule has 3 aromatic rings. The number of thiazole rings is 1. The number of nitrogens with one attached hydrogen (secondary N) is 1.